The van der Waals surface area contributed by atoms with E-state index in [1.807, 2.05) is 30.3 Å². The van der Waals surface area contributed by atoms with Gasteiger partial charge in [0.15, 0.2) is 5.17 Å². The van der Waals surface area contributed by atoms with Crippen molar-refractivity contribution in [2.45, 2.75) is 31.5 Å². The fourth-order valence-electron chi connectivity index (χ4n) is 4.16. The molecule has 0 N–H and O–H groups in total. The molecule has 30 heavy (non-hydrogen) atoms. The molecule has 4 heterocycles. The molecule has 5 rings (SSSR count). The summed E-state index contributed by atoms with van der Waals surface area (Å²) in [6.07, 6.45) is 2.79. The Morgan fingerprint density at radius 1 is 1.20 bits per heavy atom. The second-order valence-corrected chi connectivity index (χ2v) is 8.30. The molecule has 1 fully saturated rings. The van der Waals surface area contributed by atoms with E-state index in [2.05, 4.69) is 16.8 Å². The van der Waals surface area contributed by atoms with Crippen LogP contribution in [0.5, 0.6) is 0 Å². The average Bonchev–Trinajstić information content (AvgIpc) is 3.49. The first-order chi connectivity index (χ1) is 14.7. The first-order valence-corrected chi connectivity index (χ1v) is 10.9. The van der Waals surface area contributed by atoms with Crippen molar-refractivity contribution < 1.29 is 9.34 Å². The Balaban J connectivity index is 1.57. The summed E-state index contributed by atoms with van der Waals surface area (Å²) in [5.41, 5.74) is 1.40. The highest BCUT2D eigenvalue weighted by Crippen LogP contribution is 2.49. The van der Waals surface area contributed by atoms with Crippen molar-refractivity contribution in [3.8, 4) is 11.3 Å². The maximum atomic E-state index is 11.5. The summed E-state index contributed by atoms with van der Waals surface area (Å²) in [4.78, 5) is 22.9. The van der Waals surface area contributed by atoms with Gasteiger partial charge in [-0.3, -0.25) is 15.1 Å². The van der Waals surface area contributed by atoms with Gasteiger partial charge in [-0.05, 0) is 36.8 Å². The van der Waals surface area contributed by atoms with E-state index in [4.69, 9.17) is 9.41 Å². The second kappa shape index (κ2) is 7.60. The van der Waals surface area contributed by atoms with Crippen LogP contribution in [-0.2, 0) is 0 Å². The lowest BCUT2D eigenvalue weighted by molar-refractivity contribution is -0.384. The van der Waals surface area contributed by atoms with Crippen LogP contribution < -0.4 is 0 Å². The largest absolute Gasteiger partial charge is 0.459 e. The van der Waals surface area contributed by atoms with E-state index in [0.717, 1.165) is 28.8 Å². The van der Waals surface area contributed by atoms with Gasteiger partial charge in [-0.2, -0.15) is 0 Å². The van der Waals surface area contributed by atoms with Crippen LogP contribution in [0, 0.1) is 10.1 Å². The van der Waals surface area contributed by atoms with Gasteiger partial charge >= 0.3 is 0 Å². The molecule has 1 saturated heterocycles. The molecule has 0 radical (unpaired) electrons. The summed E-state index contributed by atoms with van der Waals surface area (Å²) in [6, 6.07) is 16.3. The van der Waals surface area contributed by atoms with E-state index in [-0.39, 0.29) is 22.7 Å². The molecular weight excluding hydrogens is 400 g/mol. The summed E-state index contributed by atoms with van der Waals surface area (Å²) >= 11 is 1.77. The highest BCUT2D eigenvalue weighted by Gasteiger charge is 2.47. The third-order valence-electron chi connectivity index (χ3n) is 5.61. The quantitative estimate of drug-likeness (QED) is 0.415. The maximum Gasteiger partial charge on any atom is 0.280 e. The van der Waals surface area contributed by atoms with Crippen molar-refractivity contribution in [2.75, 3.05) is 5.75 Å². The van der Waals surface area contributed by atoms with E-state index in [1.54, 1.807) is 36.2 Å². The smallest absolute Gasteiger partial charge is 0.280 e. The summed E-state index contributed by atoms with van der Waals surface area (Å²) in [5.74, 6) is 2.24. The number of thioether (sulfide) groups is 1. The number of hydrogen-bond donors (Lipinski definition) is 0. The zero-order valence-corrected chi connectivity index (χ0v) is 17.2. The van der Waals surface area contributed by atoms with Crippen molar-refractivity contribution in [3.63, 3.8) is 0 Å². The van der Waals surface area contributed by atoms with E-state index < -0.39 is 0 Å². The molecule has 0 spiro atoms. The van der Waals surface area contributed by atoms with Crippen molar-refractivity contribution in [1.82, 2.24) is 9.88 Å². The van der Waals surface area contributed by atoms with Crippen LogP contribution in [0.25, 0.3) is 11.3 Å². The first-order valence-electron chi connectivity index (χ1n) is 9.90. The SMILES string of the molecule is CC[C@@H]1CSC2=N[C@H](c3ccccn3)[C@H](c3ccc(-c4ccccc4[N+](=O)[O-])o3)N21. The van der Waals surface area contributed by atoms with Gasteiger partial charge in [0, 0.05) is 24.1 Å². The lowest BCUT2D eigenvalue weighted by atomic mass is 10.0. The molecule has 152 valence electrons. The molecule has 0 saturated carbocycles. The van der Waals surface area contributed by atoms with Crippen LogP contribution in [0.15, 0.2) is 70.2 Å². The standard InChI is InChI=1S/C22H20N4O3S/c1-2-14-13-30-22-24-20(16-8-5-6-12-23-16)21(25(14)22)19-11-10-18(29-19)15-7-3-4-9-17(15)26(27)28/h3-12,14,20-21H,2,13H2,1H3/t14-,20-,21+/m1/s1. The minimum atomic E-state index is -0.380. The molecule has 3 atom stereocenters. The van der Waals surface area contributed by atoms with Crippen LogP contribution >= 0.6 is 11.8 Å². The zero-order chi connectivity index (χ0) is 20.7. The van der Waals surface area contributed by atoms with Crippen molar-refractivity contribution in [1.29, 1.82) is 0 Å². The molecule has 2 aliphatic rings. The average molecular weight is 420 g/mol. The number of aromatic nitrogens is 1. The van der Waals surface area contributed by atoms with Crippen molar-refractivity contribution >= 4 is 22.6 Å². The number of nitro benzene ring substituents is 1. The second-order valence-electron chi connectivity index (χ2n) is 7.31. The van der Waals surface area contributed by atoms with E-state index >= 15 is 0 Å². The number of benzene rings is 1. The number of pyridine rings is 1. The van der Waals surface area contributed by atoms with Crippen LogP contribution in [0.1, 0.15) is 36.9 Å². The third kappa shape index (κ3) is 3.08. The molecule has 2 aromatic heterocycles. The van der Waals surface area contributed by atoms with Crippen molar-refractivity contribution in [2.24, 2.45) is 4.99 Å². The summed E-state index contributed by atoms with van der Waals surface area (Å²) in [7, 11) is 0. The third-order valence-corrected chi connectivity index (χ3v) is 6.74. The number of amidine groups is 1. The molecule has 0 bridgehead atoms. The fraction of sp³-hybridized carbons (Fsp3) is 0.273. The monoisotopic (exact) mass is 420 g/mol. The molecule has 0 amide bonds. The van der Waals surface area contributed by atoms with Crippen molar-refractivity contribution in [3.05, 3.63) is 82.4 Å². The van der Waals surface area contributed by atoms with Gasteiger partial charge in [0.2, 0.25) is 0 Å². The number of hydrogen-bond acceptors (Lipinski definition) is 7. The van der Waals surface area contributed by atoms with E-state index in [1.165, 1.54) is 6.07 Å². The van der Waals surface area contributed by atoms with Gasteiger partial charge in [-0.1, -0.05) is 36.9 Å². The van der Waals surface area contributed by atoms with Gasteiger partial charge in [0.05, 0.1) is 16.2 Å². The normalized spacial score (nSPS) is 22.8. The Morgan fingerprint density at radius 3 is 2.80 bits per heavy atom. The Bertz CT molecular complexity index is 1110. The summed E-state index contributed by atoms with van der Waals surface area (Å²) < 4.78 is 6.24. The molecule has 3 aromatic rings. The zero-order valence-electron chi connectivity index (χ0n) is 16.3. The molecule has 0 aliphatic carbocycles. The van der Waals surface area contributed by atoms with E-state index in [9.17, 15) is 10.1 Å². The van der Waals surface area contributed by atoms with Gasteiger partial charge in [-0.25, -0.2) is 4.99 Å². The highest BCUT2D eigenvalue weighted by atomic mass is 32.2. The van der Waals surface area contributed by atoms with Gasteiger partial charge in [0.25, 0.3) is 5.69 Å². The topological polar surface area (TPSA) is 84.8 Å². The number of rotatable bonds is 5. The predicted molar refractivity (Wildman–Crippen MR) is 116 cm³/mol. The maximum absolute atomic E-state index is 11.5. The Kier molecular flexibility index (Phi) is 4.78. The van der Waals surface area contributed by atoms with Crippen LogP contribution in [-0.4, -0.2) is 31.8 Å². The minimum Gasteiger partial charge on any atom is -0.459 e. The van der Waals surface area contributed by atoms with Crippen LogP contribution in [0.2, 0.25) is 0 Å². The Labute approximate surface area is 178 Å². The molecular formula is C22H20N4O3S. The predicted octanol–water partition coefficient (Wildman–Crippen LogP) is 5.23. The van der Waals surface area contributed by atoms with Gasteiger partial charge in [-0.15, -0.1) is 0 Å². The Hall–Kier alpha value is -3.13. The molecule has 7 nitrogen and oxygen atoms in total. The lowest BCUT2D eigenvalue weighted by Gasteiger charge is -2.30. The number of furan rings is 1. The number of aliphatic imine (C=N–C) groups is 1. The summed E-state index contributed by atoms with van der Waals surface area (Å²) in [5, 5.41) is 12.5. The van der Waals surface area contributed by atoms with Crippen LogP contribution in [0.4, 0.5) is 5.69 Å². The first kappa shape index (κ1) is 18.9. The molecule has 2 aliphatic heterocycles. The lowest BCUT2D eigenvalue weighted by Crippen LogP contribution is -2.35. The number of fused-ring (bicyclic) bond motifs is 1. The van der Waals surface area contributed by atoms with Crippen LogP contribution in [0.3, 0.4) is 0 Å². The van der Waals surface area contributed by atoms with Gasteiger partial charge < -0.3 is 9.32 Å². The summed E-state index contributed by atoms with van der Waals surface area (Å²) in [6.45, 7) is 2.18. The van der Waals surface area contributed by atoms with E-state index in [0.29, 0.717) is 17.4 Å². The molecule has 1 aromatic carbocycles. The number of nitro groups is 1. The number of para-hydroxylation sites is 1. The fourth-order valence-corrected chi connectivity index (χ4v) is 5.49. The number of nitrogens with zero attached hydrogens (tertiary/aromatic N) is 4. The van der Waals surface area contributed by atoms with Gasteiger partial charge in [0.1, 0.15) is 23.6 Å². The highest BCUT2D eigenvalue weighted by molar-refractivity contribution is 8.14. The molecule has 8 heteroatoms. The molecule has 0 unspecified atom stereocenters. The Morgan fingerprint density at radius 2 is 2.03 bits per heavy atom. The minimum absolute atomic E-state index is 0.0335.